The monoisotopic (exact) mass is 281 g/mol. The van der Waals surface area contributed by atoms with Crippen LogP contribution in [0.5, 0.6) is 0 Å². The minimum Gasteiger partial charge on any atom is -0.271 e. The van der Waals surface area contributed by atoms with Gasteiger partial charge in [-0.05, 0) is 29.7 Å². The van der Waals surface area contributed by atoms with E-state index in [0.717, 1.165) is 16.1 Å². The largest absolute Gasteiger partial charge is 0.271 e. The molecule has 5 heteroatoms. The summed E-state index contributed by atoms with van der Waals surface area (Å²) in [7, 11) is 0. The second-order valence-corrected chi connectivity index (χ2v) is 4.72. The average molecular weight is 282 g/mol. The first-order valence-electron chi connectivity index (χ1n) is 5.51. The van der Waals surface area contributed by atoms with E-state index in [2.05, 4.69) is 10.4 Å². The highest BCUT2D eigenvalue weighted by molar-refractivity contribution is 6.31. The number of aromatic nitrogens is 1. The molecule has 2 rings (SSSR count). The molecule has 1 unspecified atom stereocenters. The lowest BCUT2D eigenvalue weighted by atomic mass is 10.0. The predicted octanol–water partition coefficient (Wildman–Crippen LogP) is 3.14. The van der Waals surface area contributed by atoms with Crippen molar-refractivity contribution in [3.8, 4) is 0 Å². The third kappa shape index (κ3) is 3.21. The normalized spacial score (nSPS) is 12.4. The predicted molar refractivity (Wildman–Crippen MR) is 74.5 cm³/mol. The van der Waals surface area contributed by atoms with Gasteiger partial charge in [0.15, 0.2) is 0 Å². The van der Waals surface area contributed by atoms with Gasteiger partial charge in [0.1, 0.15) is 5.15 Å². The van der Waals surface area contributed by atoms with Crippen molar-refractivity contribution in [3.63, 3.8) is 0 Å². The molecule has 0 saturated heterocycles. The summed E-state index contributed by atoms with van der Waals surface area (Å²) in [5.41, 5.74) is 4.78. The first kappa shape index (κ1) is 13.3. The molecule has 1 aromatic carbocycles. The van der Waals surface area contributed by atoms with Gasteiger partial charge in [0, 0.05) is 11.2 Å². The van der Waals surface area contributed by atoms with Crippen LogP contribution >= 0.6 is 23.2 Å². The van der Waals surface area contributed by atoms with Crippen LogP contribution in [0.4, 0.5) is 0 Å². The van der Waals surface area contributed by atoms with Gasteiger partial charge < -0.3 is 0 Å². The number of hydrazine groups is 1. The Morgan fingerprint density at radius 2 is 1.94 bits per heavy atom. The highest BCUT2D eigenvalue weighted by atomic mass is 35.5. The standard InChI is InChI=1S/C13H13Cl2N3/c14-11-4-2-1-3-9(11)7-12(18-16)10-5-6-13(15)17-8-10/h1-6,8,12,18H,7,16H2. The summed E-state index contributed by atoms with van der Waals surface area (Å²) in [5, 5.41) is 1.20. The quantitative estimate of drug-likeness (QED) is 0.514. The van der Waals surface area contributed by atoms with Crippen LogP contribution in [-0.2, 0) is 6.42 Å². The summed E-state index contributed by atoms with van der Waals surface area (Å²) >= 11 is 11.9. The Bertz CT molecular complexity index is 514. The molecule has 0 saturated carbocycles. The molecular formula is C13H13Cl2N3. The van der Waals surface area contributed by atoms with Crippen LogP contribution in [0.15, 0.2) is 42.6 Å². The van der Waals surface area contributed by atoms with Gasteiger partial charge >= 0.3 is 0 Å². The number of hydrogen-bond donors (Lipinski definition) is 2. The van der Waals surface area contributed by atoms with Gasteiger partial charge in [-0.2, -0.15) is 0 Å². The second kappa shape index (κ2) is 6.16. The molecule has 0 amide bonds. The molecule has 1 heterocycles. The fourth-order valence-electron chi connectivity index (χ4n) is 1.75. The zero-order valence-electron chi connectivity index (χ0n) is 9.61. The summed E-state index contributed by atoms with van der Waals surface area (Å²) in [6.45, 7) is 0. The van der Waals surface area contributed by atoms with Crippen LogP contribution in [0, 0.1) is 0 Å². The molecule has 18 heavy (non-hydrogen) atoms. The Morgan fingerprint density at radius 3 is 2.56 bits per heavy atom. The van der Waals surface area contributed by atoms with Gasteiger partial charge in [0.05, 0.1) is 6.04 Å². The molecular weight excluding hydrogens is 269 g/mol. The fourth-order valence-corrected chi connectivity index (χ4v) is 2.07. The van der Waals surface area contributed by atoms with Crippen molar-refractivity contribution < 1.29 is 0 Å². The number of nitrogens with one attached hydrogen (secondary N) is 1. The summed E-state index contributed by atoms with van der Waals surface area (Å²) in [4.78, 5) is 4.05. The Kier molecular flexibility index (Phi) is 4.55. The number of benzene rings is 1. The van der Waals surface area contributed by atoms with Gasteiger partial charge in [-0.15, -0.1) is 0 Å². The molecule has 0 spiro atoms. The lowest BCUT2D eigenvalue weighted by Crippen LogP contribution is -2.29. The number of nitrogens with two attached hydrogens (primary N) is 1. The van der Waals surface area contributed by atoms with Crippen LogP contribution in [0.1, 0.15) is 17.2 Å². The van der Waals surface area contributed by atoms with Gasteiger partial charge in [0.25, 0.3) is 0 Å². The van der Waals surface area contributed by atoms with E-state index in [0.29, 0.717) is 11.6 Å². The Morgan fingerprint density at radius 1 is 1.17 bits per heavy atom. The molecule has 0 fully saturated rings. The highest BCUT2D eigenvalue weighted by Gasteiger charge is 2.12. The van der Waals surface area contributed by atoms with Gasteiger partial charge in [-0.1, -0.05) is 47.5 Å². The SMILES string of the molecule is NNC(Cc1ccccc1Cl)c1ccc(Cl)nc1. The van der Waals surface area contributed by atoms with Crippen LogP contribution in [0.3, 0.4) is 0 Å². The zero-order chi connectivity index (χ0) is 13.0. The van der Waals surface area contributed by atoms with Crippen molar-refractivity contribution in [2.75, 3.05) is 0 Å². The van der Waals surface area contributed by atoms with E-state index in [4.69, 9.17) is 29.0 Å². The van der Waals surface area contributed by atoms with Gasteiger partial charge in [0.2, 0.25) is 0 Å². The molecule has 0 aliphatic carbocycles. The van der Waals surface area contributed by atoms with Crippen LogP contribution < -0.4 is 11.3 Å². The zero-order valence-corrected chi connectivity index (χ0v) is 11.1. The first-order chi connectivity index (χ1) is 8.70. The van der Waals surface area contributed by atoms with Gasteiger partial charge in [-0.25, -0.2) is 4.98 Å². The second-order valence-electron chi connectivity index (χ2n) is 3.93. The number of halogens is 2. The van der Waals surface area contributed by atoms with E-state index in [1.54, 1.807) is 12.3 Å². The molecule has 2 aromatic rings. The smallest absolute Gasteiger partial charge is 0.129 e. The number of nitrogens with zero attached hydrogens (tertiary/aromatic N) is 1. The van der Waals surface area contributed by atoms with Crippen LogP contribution in [0.25, 0.3) is 0 Å². The minimum absolute atomic E-state index is 0.0466. The van der Waals surface area contributed by atoms with Crippen LogP contribution in [0.2, 0.25) is 10.2 Å². The summed E-state index contributed by atoms with van der Waals surface area (Å²) in [5.74, 6) is 5.59. The molecule has 0 bridgehead atoms. The minimum atomic E-state index is -0.0466. The number of rotatable bonds is 4. The topological polar surface area (TPSA) is 50.9 Å². The number of hydrogen-bond acceptors (Lipinski definition) is 3. The maximum absolute atomic E-state index is 6.13. The van der Waals surface area contributed by atoms with E-state index < -0.39 is 0 Å². The Labute approximate surface area is 116 Å². The lowest BCUT2D eigenvalue weighted by Gasteiger charge is -2.16. The van der Waals surface area contributed by atoms with Gasteiger partial charge in [-0.3, -0.25) is 11.3 Å². The van der Waals surface area contributed by atoms with Crippen LogP contribution in [-0.4, -0.2) is 4.98 Å². The molecule has 0 aliphatic rings. The third-order valence-electron chi connectivity index (χ3n) is 2.74. The Hall–Kier alpha value is -1.13. The van der Waals surface area contributed by atoms with E-state index >= 15 is 0 Å². The summed E-state index contributed by atoms with van der Waals surface area (Å²) < 4.78 is 0. The van der Waals surface area contributed by atoms with Crippen molar-refractivity contribution in [1.82, 2.24) is 10.4 Å². The summed E-state index contributed by atoms with van der Waals surface area (Å²) in [6, 6.07) is 11.3. The molecule has 3 nitrogen and oxygen atoms in total. The first-order valence-corrected chi connectivity index (χ1v) is 6.27. The average Bonchev–Trinajstić information content (AvgIpc) is 2.39. The highest BCUT2D eigenvalue weighted by Crippen LogP contribution is 2.23. The van der Waals surface area contributed by atoms with E-state index in [9.17, 15) is 0 Å². The fraction of sp³-hybridized carbons (Fsp3) is 0.154. The van der Waals surface area contributed by atoms with Crippen molar-refractivity contribution in [3.05, 3.63) is 63.9 Å². The molecule has 0 aliphatic heterocycles. The van der Waals surface area contributed by atoms with Crippen molar-refractivity contribution >= 4 is 23.2 Å². The molecule has 1 atom stereocenters. The van der Waals surface area contributed by atoms with E-state index in [1.165, 1.54) is 0 Å². The third-order valence-corrected chi connectivity index (χ3v) is 3.33. The van der Waals surface area contributed by atoms with Crippen molar-refractivity contribution in [2.24, 2.45) is 5.84 Å². The number of pyridine rings is 1. The van der Waals surface area contributed by atoms with Crippen molar-refractivity contribution in [1.29, 1.82) is 0 Å². The lowest BCUT2D eigenvalue weighted by molar-refractivity contribution is 0.550. The van der Waals surface area contributed by atoms with E-state index in [1.807, 2.05) is 30.3 Å². The molecule has 0 radical (unpaired) electrons. The molecule has 94 valence electrons. The molecule has 1 aromatic heterocycles. The van der Waals surface area contributed by atoms with E-state index in [-0.39, 0.29) is 6.04 Å². The Balaban J connectivity index is 2.20. The van der Waals surface area contributed by atoms with Crippen molar-refractivity contribution in [2.45, 2.75) is 12.5 Å². The summed E-state index contributed by atoms with van der Waals surface area (Å²) in [6.07, 6.45) is 2.41. The maximum Gasteiger partial charge on any atom is 0.129 e. The maximum atomic E-state index is 6.13. The molecule has 3 N–H and O–H groups in total.